The molecule has 2 N–H and O–H groups in total. The van der Waals surface area contributed by atoms with E-state index in [0.717, 1.165) is 25.9 Å². The van der Waals surface area contributed by atoms with Gasteiger partial charge in [-0.3, -0.25) is 4.79 Å². The summed E-state index contributed by atoms with van der Waals surface area (Å²) >= 11 is 0. The number of hydrogen-bond acceptors (Lipinski definition) is 4. The molecule has 1 rings (SSSR count). The minimum Gasteiger partial charge on any atom is -0.438 e. The van der Waals surface area contributed by atoms with Gasteiger partial charge in [-0.2, -0.15) is 0 Å². The Morgan fingerprint density at radius 1 is 1.55 bits per heavy atom. The molecule has 1 aliphatic rings. The molecule has 0 saturated carbocycles. The Morgan fingerprint density at radius 3 is 2.73 bits per heavy atom. The summed E-state index contributed by atoms with van der Waals surface area (Å²) in [4.78, 5) is 11.0. The van der Waals surface area contributed by atoms with Crippen LogP contribution < -0.4 is 5.32 Å². The highest BCUT2D eigenvalue weighted by atomic mass is 16.6. The van der Waals surface area contributed by atoms with Crippen LogP contribution >= 0.6 is 0 Å². The van der Waals surface area contributed by atoms with E-state index >= 15 is 0 Å². The fourth-order valence-electron chi connectivity index (χ4n) is 1.24. The number of aliphatic hydroxyl groups is 1. The summed E-state index contributed by atoms with van der Waals surface area (Å²) in [6.45, 7) is 1.24. The summed E-state index contributed by atoms with van der Waals surface area (Å²) in [5, 5.41) is 11.5. The molecule has 0 aromatic heterocycles. The zero-order valence-electron chi connectivity index (χ0n) is 6.38. The predicted molar refractivity (Wildman–Crippen MR) is 38.8 cm³/mol. The molecule has 0 atom stereocenters. The van der Waals surface area contributed by atoms with Crippen molar-refractivity contribution < 1.29 is 14.6 Å². The Hall–Kier alpha value is -0.610. The van der Waals surface area contributed by atoms with Gasteiger partial charge in [0.25, 0.3) is 0 Å². The van der Waals surface area contributed by atoms with Crippen LogP contribution in [0.5, 0.6) is 0 Å². The van der Waals surface area contributed by atoms with E-state index in [4.69, 9.17) is 5.11 Å². The van der Waals surface area contributed by atoms with Gasteiger partial charge >= 0.3 is 5.97 Å². The first-order valence-electron chi connectivity index (χ1n) is 3.83. The van der Waals surface area contributed by atoms with Gasteiger partial charge in [0, 0.05) is 0 Å². The molecule has 0 aliphatic carbocycles. The summed E-state index contributed by atoms with van der Waals surface area (Å²) in [6, 6.07) is 0. The van der Waals surface area contributed by atoms with Crippen LogP contribution in [0.15, 0.2) is 0 Å². The Morgan fingerprint density at radius 2 is 2.18 bits per heavy atom. The fraction of sp³-hybridized carbons (Fsp3) is 0.857. The van der Waals surface area contributed by atoms with Gasteiger partial charge < -0.3 is 15.2 Å². The van der Waals surface area contributed by atoms with Crippen LogP contribution in [-0.2, 0) is 9.53 Å². The van der Waals surface area contributed by atoms with Gasteiger partial charge in [0.2, 0.25) is 0 Å². The standard InChI is InChI=1S/C7H13NO3/c9-5-11-7(10)6-1-3-8-4-2-6/h6,8-9H,1-5H2. The zero-order chi connectivity index (χ0) is 8.10. The maximum atomic E-state index is 11.0. The first-order chi connectivity index (χ1) is 5.34. The Labute approximate surface area is 65.5 Å². The summed E-state index contributed by atoms with van der Waals surface area (Å²) < 4.78 is 4.47. The van der Waals surface area contributed by atoms with Crippen molar-refractivity contribution in [2.24, 2.45) is 5.92 Å². The number of piperidine rings is 1. The minimum atomic E-state index is -0.497. The van der Waals surface area contributed by atoms with Gasteiger partial charge in [-0.1, -0.05) is 0 Å². The van der Waals surface area contributed by atoms with Gasteiger partial charge in [0.05, 0.1) is 5.92 Å². The van der Waals surface area contributed by atoms with E-state index in [9.17, 15) is 4.79 Å². The summed E-state index contributed by atoms with van der Waals surface area (Å²) in [6.07, 6.45) is 1.64. The number of nitrogens with one attached hydrogen (secondary N) is 1. The highest BCUT2D eigenvalue weighted by Crippen LogP contribution is 2.12. The monoisotopic (exact) mass is 159 g/mol. The molecule has 4 heteroatoms. The van der Waals surface area contributed by atoms with E-state index in [0.29, 0.717) is 0 Å². The number of aliphatic hydroxyl groups excluding tert-OH is 1. The predicted octanol–water partition coefficient (Wildman–Crippen LogP) is -0.521. The first-order valence-corrected chi connectivity index (χ1v) is 3.83. The van der Waals surface area contributed by atoms with Crippen molar-refractivity contribution in [3.63, 3.8) is 0 Å². The van der Waals surface area contributed by atoms with Crippen molar-refractivity contribution in [1.82, 2.24) is 5.32 Å². The third-order valence-electron chi connectivity index (χ3n) is 1.88. The summed E-state index contributed by atoms with van der Waals surface area (Å²) in [5.41, 5.74) is 0. The number of ether oxygens (including phenoxy) is 1. The highest BCUT2D eigenvalue weighted by Gasteiger charge is 2.21. The maximum absolute atomic E-state index is 11.0. The third-order valence-corrected chi connectivity index (χ3v) is 1.88. The molecule has 0 aromatic rings. The van der Waals surface area contributed by atoms with Gasteiger partial charge in [-0.05, 0) is 25.9 Å². The van der Waals surface area contributed by atoms with Crippen LogP contribution in [0.25, 0.3) is 0 Å². The van der Waals surface area contributed by atoms with Crippen LogP contribution in [0.1, 0.15) is 12.8 Å². The normalized spacial score (nSPS) is 19.7. The SMILES string of the molecule is O=C(OCO)C1CCNCC1. The molecule has 0 spiro atoms. The lowest BCUT2D eigenvalue weighted by Crippen LogP contribution is -2.32. The quantitative estimate of drug-likeness (QED) is 0.420. The van der Waals surface area contributed by atoms with Crippen LogP contribution in [-0.4, -0.2) is 31.0 Å². The lowest BCUT2D eigenvalue weighted by molar-refractivity contribution is -0.157. The van der Waals surface area contributed by atoms with E-state index in [1.807, 2.05) is 0 Å². The van der Waals surface area contributed by atoms with E-state index in [-0.39, 0.29) is 11.9 Å². The second-order valence-electron chi connectivity index (χ2n) is 2.62. The van der Waals surface area contributed by atoms with E-state index < -0.39 is 6.79 Å². The van der Waals surface area contributed by atoms with Crippen LogP contribution in [0, 0.1) is 5.92 Å². The molecular weight excluding hydrogens is 146 g/mol. The van der Waals surface area contributed by atoms with Crippen molar-refractivity contribution in [3.05, 3.63) is 0 Å². The Kier molecular flexibility index (Phi) is 3.32. The summed E-state index contributed by atoms with van der Waals surface area (Å²) in [5.74, 6) is -0.280. The first kappa shape index (κ1) is 8.49. The lowest BCUT2D eigenvalue weighted by Gasteiger charge is -2.20. The van der Waals surface area contributed by atoms with Crippen molar-refractivity contribution in [2.75, 3.05) is 19.9 Å². The van der Waals surface area contributed by atoms with E-state index in [1.165, 1.54) is 0 Å². The minimum absolute atomic E-state index is 0.0107. The largest absolute Gasteiger partial charge is 0.438 e. The highest BCUT2D eigenvalue weighted by molar-refractivity contribution is 5.72. The second kappa shape index (κ2) is 4.31. The smallest absolute Gasteiger partial charge is 0.311 e. The third kappa shape index (κ3) is 2.48. The molecule has 1 heterocycles. The number of esters is 1. The average molecular weight is 159 g/mol. The lowest BCUT2D eigenvalue weighted by atomic mass is 9.99. The average Bonchev–Trinajstić information content (AvgIpc) is 2.07. The van der Waals surface area contributed by atoms with Crippen molar-refractivity contribution in [1.29, 1.82) is 0 Å². The molecular formula is C7H13NO3. The van der Waals surface area contributed by atoms with Crippen molar-refractivity contribution in [2.45, 2.75) is 12.8 Å². The van der Waals surface area contributed by atoms with Crippen LogP contribution in [0.4, 0.5) is 0 Å². The molecule has 0 unspecified atom stereocenters. The van der Waals surface area contributed by atoms with Gasteiger partial charge in [-0.25, -0.2) is 0 Å². The molecule has 1 fully saturated rings. The molecule has 0 radical (unpaired) electrons. The molecule has 0 aromatic carbocycles. The second-order valence-corrected chi connectivity index (χ2v) is 2.62. The van der Waals surface area contributed by atoms with Crippen LogP contribution in [0.3, 0.4) is 0 Å². The summed E-state index contributed by atoms with van der Waals surface area (Å²) in [7, 11) is 0. The molecule has 11 heavy (non-hydrogen) atoms. The van der Waals surface area contributed by atoms with Gasteiger partial charge in [-0.15, -0.1) is 0 Å². The van der Waals surface area contributed by atoms with Crippen LogP contribution in [0.2, 0.25) is 0 Å². The molecule has 1 aliphatic heterocycles. The number of carbonyl (C=O) groups is 1. The zero-order valence-corrected chi connectivity index (χ0v) is 6.38. The number of carbonyl (C=O) groups excluding carboxylic acids is 1. The van der Waals surface area contributed by atoms with Gasteiger partial charge in [0.1, 0.15) is 0 Å². The topological polar surface area (TPSA) is 58.6 Å². The van der Waals surface area contributed by atoms with Crippen molar-refractivity contribution >= 4 is 5.97 Å². The number of rotatable bonds is 2. The van der Waals surface area contributed by atoms with Gasteiger partial charge in [0.15, 0.2) is 6.79 Å². The molecule has 0 amide bonds. The molecule has 4 nitrogen and oxygen atoms in total. The maximum Gasteiger partial charge on any atom is 0.311 e. The van der Waals surface area contributed by atoms with E-state index in [1.54, 1.807) is 0 Å². The fourth-order valence-corrected chi connectivity index (χ4v) is 1.24. The molecule has 64 valence electrons. The molecule has 0 bridgehead atoms. The molecule has 1 saturated heterocycles. The van der Waals surface area contributed by atoms with E-state index in [2.05, 4.69) is 10.1 Å². The Balaban J connectivity index is 2.27. The van der Waals surface area contributed by atoms with Crippen molar-refractivity contribution in [3.8, 4) is 0 Å². The number of hydrogen-bond donors (Lipinski definition) is 2. The Bertz CT molecular complexity index is 132.